The van der Waals surface area contributed by atoms with Gasteiger partial charge in [-0.15, -0.1) is 0 Å². The van der Waals surface area contributed by atoms with Gasteiger partial charge in [0.25, 0.3) is 39.6 Å². The zero-order valence-corrected chi connectivity index (χ0v) is 83.3. The summed E-state index contributed by atoms with van der Waals surface area (Å²) in [5.41, 5.74) is 7.22. The summed E-state index contributed by atoms with van der Waals surface area (Å²) in [4.78, 5) is 117. The fraction of sp³-hybridized carbons (Fsp3) is 0.430. The maximum Gasteiger partial charge on any atom is 0.274 e. The first-order valence-corrected chi connectivity index (χ1v) is 46.5. The van der Waals surface area contributed by atoms with Gasteiger partial charge in [0, 0.05) is 146 Å². The lowest BCUT2D eigenvalue weighted by molar-refractivity contribution is -0.133. The van der Waals surface area contributed by atoms with Crippen LogP contribution >= 0.6 is 0 Å². The number of aromatic nitrogens is 10. The van der Waals surface area contributed by atoms with Crippen LogP contribution in [0.4, 0.5) is 0 Å². The summed E-state index contributed by atoms with van der Waals surface area (Å²) in [6.45, 7) is 66.6. The number of hydrogen-bond acceptors (Lipinski definition) is 13. The number of hydrogen-bond donors (Lipinski definition) is 0. The van der Waals surface area contributed by atoms with Crippen molar-refractivity contribution in [3.8, 4) is 0 Å². The Morgan fingerprint density at radius 3 is 1.18 bits per heavy atom. The van der Waals surface area contributed by atoms with E-state index in [1.54, 1.807) is 80.0 Å². The molecule has 4 aromatic carbocycles. The summed E-state index contributed by atoms with van der Waals surface area (Å²) in [7, 11) is 0. The summed E-state index contributed by atoms with van der Waals surface area (Å²) in [5.74, 6) is 0.502. The van der Waals surface area contributed by atoms with Crippen molar-refractivity contribution >= 4 is 71.7 Å². The highest BCUT2D eigenvalue weighted by molar-refractivity contribution is 5.97. The lowest BCUT2D eigenvalue weighted by atomic mass is 9.98. The van der Waals surface area contributed by atoms with Gasteiger partial charge in [-0.05, 0) is 229 Å². The van der Waals surface area contributed by atoms with Crippen LogP contribution in [0.25, 0.3) is 54.0 Å². The van der Waals surface area contributed by atoms with E-state index in [9.17, 15) is 38.4 Å². The molecule has 0 saturated heterocycles. The van der Waals surface area contributed by atoms with E-state index >= 15 is 0 Å². The van der Waals surface area contributed by atoms with E-state index in [4.69, 9.17) is 0 Å². The molecule has 128 heavy (non-hydrogen) atoms. The van der Waals surface area contributed by atoms with Crippen molar-refractivity contribution in [2.24, 2.45) is 0 Å². The second kappa shape index (κ2) is 61.3. The van der Waals surface area contributed by atoms with Crippen molar-refractivity contribution < 1.29 is 14.4 Å². The van der Waals surface area contributed by atoms with Crippen molar-refractivity contribution in [1.82, 2.24) is 62.7 Å². The third-order valence-corrected chi connectivity index (χ3v) is 19.5. The van der Waals surface area contributed by atoms with E-state index < -0.39 is 0 Å². The fourth-order valence-corrected chi connectivity index (χ4v) is 13.2. The van der Waals surface area contributed by atoms with Crippen molar-refractivity contribution in [2.45, 2.75) is 296 Å². The molecule has 21 nitrogen and oxygen atoms in total. The van der Waals surface area contributed by atoms with Gasteiger partial charge >= 0.3 is 0 Å². The lowest BCUT2D eigenvalue weighted by Gasteiger charge is -2.31. The lowest BCUT2D eigenvalue weighted by Crippen LogP contribution is -2.42. The molecule has 3 aliphatic heterocycles. The molecule has 0 N–H and O–H groups in total. The monoisotopic (exact) mass is 1750 g/mol. The average Bonchev–Trinajstić information content (AvgIpc) is 0.807. The number of fused-ring (bicyclic) bond motifs is 8. The molecule has 3 aliphatic rings. The maximum atomic E-state index is 12.0. The third-order valence-electron chi connectivity index (χ3n) is 19.5. The molecule has 3 amide bonds. The van der Waals surface area contributed by atoms with Gasteiger partial charge in [-0.2, -0.15) is 5.10 Å². The van der Waals surface area contributed by atoms with Gasteiger partial charge in [-0.1, -0.05) is 196 Å². The predicted molar refractivity (Wildman–Crippen MR) is 541 cm³/mol. The molecular weight excluding hydrogens is 1600 g/mol. The summed E-state index contributed by atoms with van der Waals surface area (Å²) in [5, 5.41) is 11.5. The molecule has 0 fully saturated rings. The molecule has 0 atom stereocenters. The van der Waals surface area contributed by atoms with Crippen LogP contribution in [0, 0.1) is 0 Å². The van der Waals surface area contributed by atoms with E-state index in [0.29, 0.717) is 35.0 Å². The maximum absolute atomic E-state index is 12.0. The minimum atomic E-state index is -0.0156. The Morgan fingerprint density at radius 2 is 0.656 bits per heavy atom. The van der Waals surface area contributed by atoms with E-state index in [1.807, 2.05) is 367 Å². The van der Waals surface area contributed by atoms with Gasteiger partial charge < -0.3 is 33.0 Å². The minimum absolute atomic E-state index is 0.0156. The van der Waals surface area contributed by atoms with Crippen molar-refractivity contribution in [3.05, 3.63) is 311 Å². The van der Waals surface area contributed by atoms with E-state index in [1.165, 1.54) is 21.4 Å². The number of carbonyl (C=O) groups is 3. The zero-order chi connectivity index (χ0) is 97.0. The highest BCUT2D eigenvalue weighted by Crippen LogP contribution is 2.24. The number of pyridine rings is 8. The SMILES string of the molecule is CC.CC.CC.CC.CC.CC.CC.CC.CC(C)N1CCc2ccccc2C1=O.CC(C)N1CCc2cccnc2C1=O.CC(C)N1Cc2ccccc2CC1=O.CC(C)n1ccc2ccccc2c1=O.CC(C)n1ccc2ccncc2c1=O.CC(C)n1ccc2cnccc2c1=O.CC(C)n1ccc2ncccc2c1=O.CC(C)n1ncc2ccccc2c1=O. The molecule has 9 aromatic heterocycles. The second-order valence-corrected chi connectivity index (χ2v) is 29.9. The first-order valence-electron chi connectivity index (χ1n) is 46.5. The van der Waals surface area contributed by atoms with Gasteiger partial charge in [0.2, 0.25) is 5.91 Å². The third kappa shape index (κ3) is 32.6. The van der Waals surface area contributed by atoms with E-state index in [-0.39, 0.29) is 81.8 Å². The van der Waals surface area contributed by atoms with Crippen molar-refractivity contribution in [3.63, 3.8) is 0 Å². The minimum Gasteiger partial charge on any atom is -0.336 e. The molecule has 0 aliphatic carbocycles. The summed E-state index contributed by atoms with van der Waals surface area (Å²) in [6, 6.07) is 51.8. The van der Waals surface area contributed by atoms with Crippen LogP contribution in [0.3, 0.4) is 0 Å². The Hall–Kier alpha value is -12.1. The van der Waals surface area contributed by atoms with E-state index in [0.717, 1.165) is 86.8 Å². The molecule has 12 heterocycles. The molecule has 0 unspecified atom stereocenters. The Labute approximate surface area is 764 Å². The standard InChI is InChI=1S/2C12H15NO.C12H13NO.3C11H12N2O.C11H14N2O.C11H12N2O.8C2H6/c1-9(2)13-8-11-6-4-3-5-10(11)7-12(13)14;2*1-9(2)13-8-7-10-5-3-4-6-11(10)12(13)14;1-8(2)13-6-4-9-7-12-5-3-10(9)11(13)14;1-8(2)13-6-4-9-3-5-12-7-10(9)11(13)14;1-8(2)13-7-5-10-9(11(13)14)4-3-6-12-10;1-8(2)13-7-5-9-4-3-6-12-10(9)11(13)14;1-8(2)13-11(14)10-6-4-3-5-9(10)7-12-13;8*1-2/h2*3-6,9H,7-8H2,1-2H3;3-9H,1-2H3;3*3-8H,1-2H3;3-4,6,8H,5,7H2,1-2H3;3-8H,1-2H3;8*1-2H3. The molecule has 16 rings (SSSR count). The van der Waals surface area contributed by atoms with Crippen LogP contribution in [-0.4, -0.2) is 112 Å². The summed E-state index contributed by atoms with van der Waals surface area (Å²) in [6.07, 6.45) is 21.6. The van der Waals surface area contributed by atoms with Gasteiger partial charge in [-0.25, -0.2) is 4.68 Å². The van der Waals surface area contributed by atoms with E-state index in [2.05, 4.69) is 58.8 Å². The number of carbonyl (C=O) groups excluding carboxylic acids is 3. The number of amides is 3. The molecule has 21 heteroatoms. The molecule has 0 radical (unpaired) electrons. The summed E-state index contributed by atoms with van der Waals surface area (Å²) < 4.78 is 8.40. The van der Waals surface area contributed by atoms with Gasteiger partial charge in [0.15, 0.2) is 0 Å². The first kappa shape index (κ1) is 114. The quantitative estimate of drug-likeness (QED) is 0.138. The average molecular weight is 1750 g/mol. The highest BCUT2D eigenvalue weighted by Gasteiger charge is 2.28. The Balaban J connectivity index is 0.000000714. The number of nitrogens with zero attached hydrogens (tertiary/aromatic N) is 13. The van der Waals surface area contributed by atoms with Crippen molar-refractivity contribution in [2.75, 3.05) is 13.1 Å². The molecule has 0 spiro atoms. The molecule has 0 saturated carbocycles. The van der Waals surface area contributed by atoms with Crippen LogP contribution in [0.5, 0.6) is 0 Å². The molecule has 13 aromatic rings. The van der Waals surface area contributed by atoms with Gasteiger partial charge in [-0.3, -0.25) is 58.3 Å². The fourth-order valence-electron chi connectivity index (χ4n) is 13.2. The topological polar surface area (TPSA) is 235 Å². The van der Waals surface area contributed by atoms with Crippen LogP contribution in [0.15, 0.2) is 250 Å². The second-order valence-electron chi connectivity index (χ2n) is 29.9. The van der Waals surface area contributed by atoms with Gasteiger partial charge in [0.1, 0.15) is 5.69 Å². The molecule has 694 valence electrons. The smallest absolute Gasteiger partial charge is 0.274 e. The Bertz CT molecular complexity index is 5090. The normalized spacial score (nSPS) is 11.7. The number of rotatable bonds is 8. The zero-order valence-electron chi connectivity index (χ0n) is 83.3. The van der Waals surface area contributed by atoms with Crippen molar-refractivity contribution in [1.29, 1.82) is 0 Å². The van der Waals surface area contributed by atoms with Gasteiger partial charge in [0.05, 0.1) is 45.7 Å². The summed E-state index contributed by atoms with van der Waals surface area (Å²) >= 11 is 0. The Kier molecular flexibility index (Phi) is 54.5. The van der Waals surface area contributed by atoms with Crippen LogP contribution in [0.2, 0.25) is 0 Å². The highest BCUT2D eigenvalue weighted by atomic mass is 16.2. The molecular formula is C107H153N13O8. The predicted octanol–water partition coefficient (Wildman–Crippen LogP) is 24.3. The largest absolute Gasteiger partial charge is 0.336 e. The first-order chi connectivity index (χ1) is 61.6. The molecule has 0 bridgehead atoms. The Morgan fingerprint density at radius 1 is 0.281 bits per heavy atom. The van der Waals surface area contributed by atoms with Crippen LogP contribution in [0.1, 0.15) is 295 Å². The number of benzene rings is 4. The van der Waals surface area contributed by atoms with Crippen LogP contribution < -0.4 is 27.8 Å². The van der Waals surface area contributed by atoms with Crippen LogP contribution in [-0.2, 0) is 30.6 Å².